The van der Waals surface area contributed by atoms with Crippen molar-refractivity contribution in [3.63, 3.8) is 0 Å². The largest absolute Gasteiger partial charge is 0.303 e. The summed E-state index contributed by atoms with van der Waals surface area (Å²) in [7, 11) is 0. The van der Waals surface area contributed by atoms with E-state index in [1.807, 2.05) is 0 Å². The van der Waals surface area contributed by atoms with Crippen molar-refractivity contribution in [2.75, 3.05) is 0 Å². The molecule has 1 aromatic rings. The smallest absolute Gasteiger partial charge is 0.272 e. The predicted octanol–water partition coefficient (Wildman–Crippen LogP) is 2.34. The normalized spacial score (nSPS) is 10.5. The summed E-state index contributed by atoms with van der Waals surface area (Å²) in [6, 6.07) is 3.25. The van der Waals surface area contributed by atoms with Gasteiger partial charge in [0, 0.05) is 12.5 Å². The second-order valence-electron chi connectivity index (χ2n) is 2.80. The van der Waals surface area contributed by atoms with Gasteiger partial charge < -0.3 is 4.79 Å². The van der Waals surface area contributed by atoms with E-state index >= 15 is 0 Å². The standard InChI is InChI=1S/C10H8FNO3/c11-9-5-8(3-1-2-4-13)6-10(7-9)12(14)15/h1,3-7H,2H2. The first-order valence-corrected chi connectivity index (χ1v) is 4.18. The molecule has 0 aliphatic heterocycles. The fraction of sp³-hybridized carbons (Fsp3) is 0.100. The maximum absolute atomic E-state index is 12.9. The van der Waals surface area contributed by atoms with Crippen molar-refractivity contribution in [2.45, 2.75) is 6.42 Å². The number of non-ortho nitro benzene ring substituents is 1. The van der Waals surface area contributed by atoms with Gasteiger partial charge in [-0.25, -0.2) is 4.39 Å². The van der Waals surface area contributed by atoms with Crippen molar-refractivity contribution < 1.29 is 14.1 Å². The Morgan fingerprint density at radius 2 is 2.13 bits per heavy atom. The number of hydrogen-bond donors (Lipinski definition) is 0. The van der Waals surface area contributed by atoms with E-state index < -0.39 is 10.7 Å². The van der Waals surface area contributed by atoms with Crippen LogP contribution in [0.3, 0.4) is 0 Å². The van der Waals surface area contributed by atoms with Gasteiger partial charge in [0.2, 0.25) is 0 Å². The number of allylic oxidation sites excluding steroid dienone is 1. The van der Waals surface area contributed by atoms with Crippen molar-refractivity contribution in [3.8, 4) is 0 Å². The van der Waals surface area contributed by atoms with Gasteiger partial charge >= 0.3 is 0 Å². The molecule has 0 amide bonds. The Morgan fingerprint density at radius 1 is 1.40 bits per heavy atom. The Labute approximate surface area is 85.2 Å². The lowest BCUT2D eigenvalue weighted by Crippen LogP contribution is -1.90. The molecule has 1 rings (SSSR count). The van der Waals surface area contributed by atoms with Gasteiger partial charge in [-0.1, -0.05) is 12.2 Å². The van der Waals surface area contributed by atoms with Gasteiger partial charge in [-0.3, -0.25) is 10.1 Å². The summed E-state index contributed by atoms with van der Waals surface area (Å²) in [4.78, 5) is 19.7. The van der Waals surface area contributed by atoms with E-state index in [1.54, 1.807) is 0 Å². The molecular formula is C10H8FNO3. The lowest BCUT2D eigenvalue weighted by Gasteiger charge is -1.95. The number of nitro benzene ring substituents is 1. The Bertz CT molecular complexity index is 415. The average Bonchev–Trinajstić information content (AvgIpc) is 2.17. The van der Waals surface area contributed by atoms with Gasteiger partial charge in [0.05, 0.1) is 11.0 Å². The van der Waals surface area contributed by atoms with E-state index in [1.165, 1.54) is 18.2 Å². The zero-order valence-corrected chi connectivity index (χ0v) is 7.72. The highest BCUT2D eigenvalue weighted by molar-refractivity contribution is 5.59. The third-order valence-corrected chi connectivity index (χ3v) is 1.66. The van der Waals surface area contributed by atoms with Crippen LogP contribution < -0.4 is 0 Å². The Kier molecular flexibility index (Phi) is 3.68. The second kappa shape index (κ2) is 4.99. The highest BCUT2D eigenvalue weighted by Crippen LogP contribution is 2.17. The molecule has 4 nitrogen and oxygen atoms in total. The van der Waals surface area contributed by atoms with Gasteiger partial charge in [0.25, 0.3) is 5.69 Å². The average molecular weight is 209 g/mol. The number of carbonyl (C=O) groups is 1. The number of rotatable bonds is 4. The summed E-state index contributed by atoms with van der Waals surface area (Å²) in [6.07, 6.45) is 3.85. The summed E-state index contributed by atoms with van der Waals surface area (Å²) >= 11 is 0. The molecule has 0 fully saturated rings. The molecule has 0 saturated carbocycles. The minimum Gasteiger partial charge on any atom is -0.303 e. The number of hydrogen-bond acceptors (Lipinski definition) is 3. The molecule has 78 valence electrons. The number of carbonyl (C=O) groups excluding carboxylic acids is 1. The summed E-state index contributed by atoms with van der Waals surface area (Å²) in [5, 5.41) is 10.4. The molecule has 0 aliphatic rings. The summed E-state index contributed by atoms with van der Waals surface area (Å²) in [6.45, 7) is 0. The van der Waals surface area contributed by atoms with Gasteiger partial charge in [-0.2, -0.15) is 0 Å². The highest BCUT2D eigenvalue weighted by atomic mass is 19.1. The van der Waals surface area contributed by atoms with E-state index in [0.717, 1.165) is 12.1 Å². The van der Waals surface area contributed by atoms with Gasteiger partial charge in [-0.05, 0) is 11.6 Å². The maximum atomic E-state index is 12.9. The number of aldehydes is 1. The van der Waals surface area contributed by atoms with Crippen LogP contribution in [0.1, 0.15) is 12.0 Å². The minimum atomic E-state index is -0.671. The second-order valence-corrected chi connectivity index (χ2v) is 2.80. The molecule has 0 N–H and O–H groups in total. The third kappa shape index (κ3) is 3.30. The Balaban J connectivity index is 2.98. The summed E-state index contributed by atoms with van der Waals surface area (Å²) in [5.41, 5.74) is 0.0595. The minimum absolute atomic E-state index is 0.199. The lowest BCUT2D eigenvalue weighted by molar-refractivity contribution is -0.385. The summed E-state index contributed by atoms with van der Waals surface area (Å²) < 4.78 is 12.9. The molecule has 0 atom stereocenters. The highest BCUT2D eigenvalue weighted by Gasteiger charge is 2.07. The quantitative estimate of drug-likeness (QED) is 0.434. The molecular weight excluding hydrogens is 201 g/mol. The van der Waals surface area contributed by atoms with Crippen LogP contribution in [-0.4, -0.2) is 11.2 Å². The molecule has 0 aromatic heterocycles. The van der Waals surface area contributed by atoms with E-state index in [0.29, 0.717) is 11.8 Å². The van der Waals surface area contributed by atoms with Crippen LogP contribution in [0.25, 0.3) is 6.08 Å². The van der Waals surface area contributed by atoms with Crippen molar-refractivity contribution >= 4 is 18.0 Å². The fourth-order valence-electron chi connectivity index (χ4n) is 1.06. The van der Waals surface area contributed by atoms with Gasteiger partial charge in [-0.15, -0.1) is 0 Å². The van der Waals surface area contributed by atoms with Crippen LogP contribution in [0.5, 0.6) is 0 Å². The summed E-state index contributed by atoms with van der Waals surface area (Å²) in [5.74, 6) is -0.671. The van der Waals surface area contributed by atoms with Crippen LogP contribution in [0.15, 0.2) is 24.3 Å². The SMILES string of the molecule is O=CCC=Cc1cc(F)cc([N+](=O)[O-])c1. The van der Waals surface area contributed by atoms with Crippen LogP contribution >= 0.6 is 0 Å². The first kappa shape index (κ1) is 11.0. The maximum Gasteiger partial charge on any atom is 0.272 e. The molecule has 0 bridgehead atoms. The van der Waals surface area contributed by atoms with E-state index in [9.17, 15) is 19.3 Å². The molecule has 0 heterocycles. The number of nitrogens with zero attached hydrogens (tertiary/aromatic N) is 1. The molecule has 15 heavy (non-hydrogen) atoms. The van der Waals surface area contributed by atoms with Crippen molar-refractivity contribution in [1.29, 1.82) is 0 Å². The van der Waals surface area contributed by atoms with E-state index in [-0.39, 0.29) is 12.1 Å². The fourth-order valence-corrected chi connectivity index (χ4v) is 1.06. The van der Waals surface area contributed by atoms with Crippen LogP contribution in [0.2, 0.25) is 0 Å². The number of benzene rings is 1. The van der Waals surface area contributed by atoms with Crippen molar-refractivity contribution in [1.82, 2.24) is 0 Å². The molecule has 5 heteroatoms. The van der Waals surface area contributed by atoms with E-state index in [4.69, 9.17) is 0 Å². The number of nitro groups is 1. The van der Waals surface area contributed by atoms with Gasteiger partial charge in [0.15, 0.2) is 0 Å². The zero-order chi connectivity index (χ0) is 11.3. The van der Waals surface area contributed by atoms with Crippen LogP contribution in [0, 0.1) is 15.9 Å². The zero-order valence-electron chi connectivity index (χ0n) is 7.72. The van der Waals surface area contributed by atoms with Crippen LogP contribution in [-0.2, 0) is 4.79 Å². The van der Waals surface area contributed by atoms with Crippen molar-refractivity contribution in [2.24, 2.45) is 0 Å². The molecule has 0 saturated heterocycles. The Hall–Kier alpha value is -2.04. The first-order valence-electron chi connectivity index (χ1n) is 4.18. The molecule has 0 unspecified atom stereocenters. The molecule has 0 aliphatic carbocycles. The monoisotopic (exact) mass is 209 g/mol. The molecule has 0 spiro atoms. The molecule has 0 radical (unpaired) electrons. The van der Waals surface area contributed by atoms with Crippen LogP contribution in [0.4, 0.5) is 10.1 Å². The Morgan fingerprint density at radius 3 is 2.73 bits per heavy atom. The number of halogens is 1. The third-order valence-electron chi connectivity index (χ3n) is 1.66. The lowest BCUT2D eigenvalue weighted by atomic mass is 10.1. The van der Waals surface area contributed by atoms with Gasteiger partial charge in [0.1, 0.15) is 12.1 Å². The predicted molar refractivity (Wildman–Crippen MR) is 52.8 cm³/mol. The first-order chi connectivity index (χ1) is 7.13. The molecule has 1 aromatic carbocycles. The van der Waals surface area contributed by atoms with E-state index in [2.05, 4.69) is 0 Å². The van der Waals surface area contributed by atoms with Crippen molar-refractivity contribution in [3.05, 3.63) is 45.8 Å². The topological polar surface area (TPSA) is 60.2 Å².